The molecule has 2 heterocycles. The van der Waals surface area contributed by atoms with Crippen molar-refractivity contribution < 1.29 is 14.3 Å². The standard InChI is InChI=1S/C16H30N4O3/c1-16(2,3)23-15(22)20-8-6-12(7-9-20)19-14(21)13-5-4-11(17)10-18-13/h11-13,18H,4-10,17H2,1-3H3,(H,19,21)/t11-,13-/m0/s1. The van der Waals surface area contributed by atoms with Crippen molar-refractivity contribution in [1.82, 2.24) is 15.5 Å². The van der Waals surface area contributed by atoms with Crippen LogP contribution in [0.4, 0.5) is 4.79 Å². The van der Waals surface area contributed by atoms with Crippen LogP contribution in [-0.4, -0.2) is 60.3 Å². The van der Waals surface area contributed by atoms with Crippen LogP contribution in [0.25, 0.3) is 0 Å². The molecule has 0 unspecified atom stereocenters. The van der Waals surface area contributed by atoms with Crippen molar-refractivity contribution in [2.24, 2.45) is 5.73 Å². The van der Waals surface area contributed by atoms with Gasteiger partial charge in [0.25, 0.3) is 0 Å². The van der Waals surface area contributed by atoms with Gasteiger partial charge in [-0.15, -0.1) is 0 Å². The Hall–Kier alpha value is -1.34. The van der Waals surface area contributed by atoms with Gasteiger partial charge >= 0.3 is 6.09 Å². The minimum atomic E-state index is -0.477. The molecule has 23 heavy (non-hydrogen) atoms. The fourth-order valence-corrected chi connectivity index (χ4v) is 2.94. The van der Waals surface area contributed by atoms with Crippen molar-refractivity contribution in [2.75, 3.05) is 19.6 Å². The molecule has 2 aliphatic rings. The zero-order valence-electron chi connectivity index (χ0n) is 14.4. The van der Waals surface area contributed by atoms with Crippen LogP contribution in [0.5, 0.6) is 0 Å². The van der Waals surface area contributed by atoms with Crippen molar-refractivity contribution >= 4 is 12.0 Å². The number of nitrogens with zero attached hydrogens (tertiary/aromatic N) is 1. The maximum atomic E-state index is 12.3. The van der Waals surface area contributed by atoms with Gasteiger partial charge in [0, 0.05) is 31.7 Å². The number of piperidine rings is 2. The fourth-order valence-electron chi connectivity index (χ4n) is 2.94. The second-order valence-corrected chi connectivity index (χ2v) is 7.55. The van der Waals surface area contributed by atoms with E-state index in [-0.39, 0.29) is 30.1 Å². The zero-order valence-corrected chi connectivity index (χ0v) is 14.4. The number of rotatable bonds is 2. The third-order valence-electron chi connectivity index (χ3n) is 4.26. The highest BCUT2D eigenvalue weighted by atomic mass is 16.6. The van der Waals surface area contributed by atoms with E-state index in [2.05, 4.69) is 10.6 Å². The van der Waals surface area contributed by atoms with E-state index in [1.165, 1.54) is 0 Å². The molecule has 0 aromatic heterocycles. The smallest absolute Gasteiger partial charge is 0.410 e. The molecular weight excluding hydrogens is 296 g/mol. The summed E-state index contributed by atoms with van der Waals surface area (Å²) in [5, 5.41) is 6.28. The van der Waals surface area contributed by atoms with Gasteiger partial charge < -0.3 is 26.0 Å². The Morgan fingerprint density at radius 2 is 1.83 bits per heavy atom. The minimum Gasteiger partial charge on any atom is -0.444 e. The van der Waals surface area contributed by atoms with Crippen LogP contribution >= 0.6 is 0 Å². The van der Waals surface area contributed by atoms with Gasteiger partial charge in [-0.05, 0) is 46.5 Å². The topological polar surface area (TPSA) is 96.7 Å². The molecule has 2 amide bonds. The lowest BCUT2D eigenvalue weighted by Crippen LogP contribution is -2.55. The Labute approximate surface area is 138 Å². The van der Waals surface area contributed by atoms with Gasteiger partial charge in [-0.3, -0.25) is 4.79 Å². The predicted octanol–water partition coefficient (Wildman–Crippen LogP) is 0.581. The van der Waals surface area contributed by atoms with Crippen molar-refractivity contribution in [3.8, 4) is 0 Å². The van der Waals surface area contributed by atoms with Crippen LogP contribution in [0.2, 0.25) is 0 Å². The molecule has 7 heteroatoms. The highest BCUT2D eigenvalue weighted by Gasteiger charge is 2.30. The fraction of sp³-hybridized carbons (Fsp3) is 0.875. The van der Waals surface area contributed by atoms with E-state index in [1.54, 1.807) is 4.90 Å². The zero-order chi connectivity index (χ0) is 17.0. The molecule has 0 aromatic carbocycles. The van der Waals surface area contributed by atoms with Gasteiger partial charge in [-0.25, -0.2) is 4.79 Å². The molecule has 0 aromatic rings. The molecule has 2 rings (SSSR count). The molecule has 0 saturated carbocycles. The Morgan fingerprint density at radius 1 is 1.17 bits per heavy atom. The third kappa shape index (κ3) is 5.66. The van der Waals surface area contributed by atoms with Gasteiger partial charge in [0.15, 0.2) is 0 Å². The molecule has 0 spiro atoms. The summed E-state index contributed by atoms with van der Waals surface area (Å²) >= 11 is 0. The summed E-state index contributed by atoms with van der Waals surface area (Å²) in [7, 11) is 0. The summed E-state index contributed by atoms with van der Waals surface area (Å²) in [6, 6.07) is 0.133. The van der Waals surface area contributed by atoms with E-state index in [9.17, 15) is 9.59 Å². The van der Waals surface area contributed by atoms with E-state index < -0.39 is 5.60 Å². The van der Waals surface area contributed by atoms with Gasteiger partial charge in [0.1, 0.15) is 5.60 Å². The number of likely N-dealkylation sites (tertiary alicyclic amines) is 1. The number of nitrogens with two attached hydrogens (primary N) is 1. The molecule has 132 valence electrons. The van der Waals surface area contributed by atoms with E-state index in [0.717, 1.165) is 25.7 Å². The number of nitrogens with one attached hydrogen (secondary N) is 2. The first kappa shape index (κ1) is 18.0. The lowest BCUT2D eigenvalue weighted by molar-refractivity contribution is -0.124. The molecule has 2 saturated heterocycles. The first-order chi connectivity index (χ1) is 10.7. The van der Waals surface area contributed by atoms with Crippen LogP contribution in [0.15, 0.2) is 0 Å². The highest BCUT2D eigenvalue weighted by Crippen LogP contribution is 2.16. The molecule has 0 bridgehead atoms. The summed E-state index contributed by atoms with van der Waals surface area (Å²) in [6.45, 7) is 7.50. The van der Waals surface area contributed by atoms with Crippen molar-refractivity contribution in [3.05, 3.63) is 0 Å². The van der Waals surface area contributed by atoms with E-state index in [0.29, 0.717) is 19.6 Å². The molecule has 0 aliphatic carbocycles. The van der Waals surface area contributed by atoms with E-state index >= 15 is 0 Å². The quantitative estimate of drug-likeness (QED) is 0.690. The maximum Gasteiger partial charge on any atom is 0.410 e. The van der Waals surface area contributed by atoms with Crippen LogP contribution in [0, 0.1) is 0 Å². The summed E-state index contributed by atoms with van der Waals surface area (Å²) in [6.07, 6.45) is 2.91. The number of hydrogen-bond acceptors (Lipinski definition) is 5. The van der Waals surface area contributed by atoms with Crippen LogP contribution in [0.3, 0.4) is 0 Å². The first-order valence-corrected chi connectivity index (χ1v) is 8.52. The largest absolute Gasteiger partial charge is 0.444 e. The summed E-state index contributed by atoms with van der Waals surface area (Å²) in [5.74, 6) is 0.0487. The van der Waals surface area contributed by atoms with Crippen LogP contribution < -0.4 is 16.4 Å². The number of carbonyl (C=O) groups excluding carboxylic acids is 2. The second kappa shape index (κ2) is 7.49. The normalized spacial score (nSPS) is 26.7. The summed E-state index contributed by atoms with van der Waals surface area (Å²) in [5.41, 5.74) is 5.35. The Balaban J connectivity index is 1.72. The van der Waals surface area contributed by atoms with Crippen molar-refractivity contribution in [2.45, 2.75) is 70.2 Å². The lowest BCUT2D eigenvalue weighted by Gasteiger charge is -2.35. The Morgan fingerprint density at radius 3 is 2.35 bits per heavy atom. The third-order valence-corrected chi connectivity index (χ3v) is 4.26. The Kier molecular flexibility index (Phi) is 5.86. The van der Waals surface area contributed by atoms with Crippen LogP contribution in [-0.2, 0) is 9.53 Å². The number of hydrogen-bond donors (Lipinski definition) is 3. The van der Waals surface area contributed by atoms with Gasteiger partial charge in [0.05, 0.1) is 6.04 Å². The predicted molar refractivity (Wildman–Crippen MR) is 88.0 cm³/mol. The SMILES string of the molecule is CC(C)(C)OC(=O)N1CCC(NC(=O)[C@@H]2CC[C@H](N)CN2)CC1. The first-order valence-electron chi connectivity index (χ1n) is 8.52. The minimum absolute atomic E-state index is 0.0487. The summed E-state index contributed by atoms with van der Waals surface area (Å²) < 4.78 is 5.38. The molecule has 2 fully saturated rings. The maximum absolute atomic E-state index is 12.3. The van der Waals surface area contributed by atoms with E-state index in [1.807, 2.05) is 20.8 Å². The van der Waals surface area contributed by atoms with Gasteiger partial charge in [-0.1, -0.05) is 0 Å². The highest BCUT2D eigenvalue weighted by molar-refractivity contribution is 5.82. The number of carbonyl (C=O) groups is 2. The molecule has 2 aliphatic heterocycles. The van der Waals surface area contributed by atoms with Crippen molar-refractivity contribution in [1.29, 1.82) is 0 Å². The average molecular weight is 326 g/mol. The number of amides is 2. The molecular formula is C16H30N4O3. The second-order valence-electron chi connectivity index (χ2n) is 7.55. The molecule has 4 N–H and O–H groups in total. The van der Waals surface area contributed by atoms with Gasteiger partial charge in [0.2, 0.25) is 5.91 Å². The lowest BCUT2D eigenvalue weighted by atomic mass is 9.99. The summed E-state index contributed by atoms with van der Waals surface area (Å²) in [4.78, 5) is 26.0. The van der Waals surface area contributed by atoms with E-state index in [4.69, 9.17) is 10.5 Å². The Bertz CT molecular complexity index is 420. The monoisotopic (exact) mass is 326 g/mol. The number of ether oxygens (including phenoxy) is 1. The van der Waals surface area contributed by atoms with Crippen molar-refractivity contribution in [3.63, 3.8) is 0 Å². The van der Waals surface area contributed by atoms with Crippen LogP contribution in [0.1, 0.15) is 46.5 Å². The molecule has 2 atom stereocenters. The average Bonchev–Trinajstić information content (AvgIpc) is 2.46. The molecule has 7 nitrogen and oxygen atoms in total. The molecule has 0 radical (unpaired) electrons. The van der Waals surface area contributed by atoms with Gasteiger partial charge in [-0.2, -0.15) is 0 Å².